The van der Waals surface area contributed by atoms with E-state index >= 15 is 0 Å². The first-order valence-electron chi connectivity index (χ1n) is 15.2. The maximum atomic E-state index is 12.8. The molecule has 0 saturated heterocycles. The number of carbonyl (C=O) groups is 3. The number of unbranched alkanes of at least 4 members (excludes halogenated alkanes) is 2. The largest absolute Gasteiger partial charge is 0.507 e. The molecule has 0 aromatic heterocycles. The molecular weight excluding hydrogens is 560 g/mol. The highest BCUT2D eigenvalue weighted by atomic mass is 32.2. The smallest absolute Gasteiger partial charge is 0.339 e. The van der Waals surface area contributed by atoms with E-state index in [0.29, 0.717) is 6.42 Å². The van der Waals surface area contributed by atoms with Crippen LogP contribution in [-0.4, -0.2) is 45.5 Å². The average Bonchev–Trinajstić information content (AvgIpc) is 2.96. The van der Waals surface area contributed by atoms with Gasteiger partial charge >= 0.3 is 5.97 Å². The molecule has 0 aliphatic carbocycles. The summed E-state index contributed by atoms with van der Waals surface area (Å²) in [6.07, 6.45) is 30.4. The molecule has 1 aromatic rings. The van der Waals surface area contributed by atoms with Crippen molar-refractivity contribution < 1.29 is 24.6 Å². The maximum Gasteiger partial charge on any atom is 0.339 e. The number of phenols is 1. The van der Waals surface area contributed by atoms with E-state index in [1.54, 1.807) is 11.8 Å². The summed E-state index contributed by atoms with van der Waals surface area (Å²) >= 11 is 1.55. The number of amides is 2. The molecule has 4 N–H and O–H groups in total. The van der Waals surface area contributed by atoms with Crippen LogP contribution in [0.3, 0.4) is 0 Å². The monoisotopic (exact) mass is 610 g/mol. The first kappa shape index (κ1) is 37.5. The fourth-order valence-electron chi connectivity index (χ4n) is 3.95. The zero-order valence-electron chi connectivity index (χ0n) is 26.0. The topological polar surface area (TPSA) is 116 Å². The Hall–Kier alpha value is -3.52. The Morgan fingerprint density at radius 2 is 1.44 bits per heavy atom. The summed E-state index contributed by atoms with van der Waals surface area (Å²) in [4.78, 5) is 36.6. The van der Waals surface area contributed by atoms with Crippen molar-refractivity contribution in [1.82, 2.24) is 5.32 Å². The van der Waals surface area contributed by atoms with E-state index < -0.39 is 17.9 Å². The van der Waals surface area contributed by atoms with E-state index in [9.17, 15) is 24.6 Å². The number of aromatic hydroxyl groups is 1. The highest BCUT2D eigenvalue weighted by Gasteiger charge is 2.22. The Kier molecular flexibility index (Phi) is 20.9. The lowest BCUT2D eigenvalue weighted by Crippen LogP contribution is -2.45. The van der Waals surface area contributed by atoms with Gasteiger partial charge in [-0.3, -0.25) is 9.59 Å². The predicted octanol–water partition coefficient (Wildman–Crippen LogP) is 8.21. The Labute approximate surface area is 262 Å². The molecule has 43 heavy (non-hydrogen) atoms. The molecule has 1 rings (SSSR count). The van der Waals surface area contributed by atoms with E-state index in [1.807, 2.05) is 13.8 Å². The van der Waals surface area contributed by atoms with Crippen LogP contribution in [0.25, 0.3) is 0 Å². The van der Waals surface area contributed by atoms with E-state index in [2.05, 4.69) is 78.3 Å². The fraction of sp³-hybridized carbons (Fsp3) is 0.457. The van der Waals surface area contributed by atoms with Crippen LogP contribution in [0.15, 0.2) is 79.0 Å². The van der Waals surface area contributed by atoms with Crippen molar-refractivity contribution in [2.45, 2.75) is 84.6 Å². The molecule has 0 aliphatic rings. The molecular formula is C35H50N2O5S. The molecule has 2 amide bonds. The van der Waals surface area contributed by atoms with E-state index in [-0.39, 0.29) is 34.6 Å². The van der Waals surface area contributed by atoms with E-state index in [4.69, 9.17) is 0 Å². The van der Waals surface area contributed by atoms with Gasteiger partial charge < -0.3 is 20.8 Å². The Morgan fingerprint density at radius 1 is 0.860 bits per heavy atom. The van der Waals surface area contributed by atoms with Crippen LogP contribution < -0.4 is 10.6 Å². The van der Waals surface area contributed by atoms with Crippen molar-refractivity contribution in [3.63, 3.8) is 0 Å². The van der Waals surface area contributed by atoms with Crippen LogP contribution in [0, 0.1) is 5.92 Å². The van der Waals surface area contributed by atoms with Crippen molar-refractivity contribution in [3.8, 4) is 5.75 Å². The van der Waals surface area contributed by atoms with Gasteiger partial charge in [-0.15, -0.1) is 0 Å². The van der Waals surface area contributed by atoms with Gasteiger partial charge in [0.2, 0.25) is 11.8 Å². The predicted molar refractivity (Wildman–Crippen MR) is 181 cm³/mol. The van der Waals surface area contributed by atoms with Gasteiger partial charge in [0.15, 0.2) is 0 Å². The van der Waals surface area contributed by atoms with E-state index in [1.165, 1.54) is 18.2 Å². The third-order valence-corrected chi connectivity index (χ3v) is 7.20. The number of hydrogen-bond acceptors (Lipinski definition) is 5. The zero-order valence-corrected chi connectivity index (χ0v) is 26.8. The second kappa shape index (κ2) is 24.0. The number of carboxylic acid groups (broad SMARTS) is 1. The van der Waals surface area contributed by atoms with Gasteiger partial charge in [0.1, 0.15) is 17.4 Å². The molecule has 0 saturated carbocycles. The number of hydrogen-bond donors (Lipinski definition) is 4. The van der Waals surface area contributed by atoms with Crippen molar-refractivity contribution in [2.75, 3.05) is 16.8 Å². The Bertz CT molecular complexity index is 1120. The molecule has 1 atom stereocenters. The van der Waals surface area contributed by atoms with Crippen molar-refractivity contribution in [1.29, 1.82) is 0 Å². The third kappa shape index (κ3) is 19.3. The molecule has 0 aliphatic heterocycles. The number of aromatic carboxylic acids is 1. The average molecular weight is 611 g/mol. The molecule has 0 radical (unpaired) electrons. The Morgan fingerprint density at radius 3 is 2.00 bits per heavy atom. The molecule has 1 aromatic carbocycles. The summed E-state index contributed by atoms with van der Waals surface area (Å²) in [6.45, 7) is 6.06. The van der Waals surface area contributed by atoms with Crippen LogP contribution >= 0.6 is 11.8 Å². The molecule has 1 unspecified atom stereocenters. The number of anilines is 1. The molecule has 0 bridgehead atoms. The van der Waals surface area contributed by atoms with Crippen LogP contribution in [0.2, 0.25) is 0 Å². The standard InChI is InChI=1S/C35H50N2O5S/c1-4-5-6-7-8-9-10-11-12-13-14-15-16-17-18-19-20-21-24-43-27-33(39)37-31(25-28(2)3)34(40)36-29-22-23-32(38)30(26-29)35(41)42/h5-6,8-9,11-12,14-15,17-18,22-23,26,28,31,38H,4,7,10,13,16,19-21,24-25,27H2,1-3H3,(H,36,40)(H,37,39)(H,41,42)/b6-5-,9-8-,12-11-,15-14-,18-17-. The minimum absolute atomic E-state index is 0.161. The number of nitrogens with one attached hydrogen (secondary N) is 2. The first-order valence-corrected chi connectivity index (χ1v) is 16.4. The second-order valence-corrected chi connectivity index (χ2v) is 11.6. The number of benzene rings is 1. The SMILES string of the molecule is CC/C=C\C/C=C\C/C=C\C/C=C\C/C=C\CCCCSCC(=O)NC(CC(C)C)C(=O)Nc1ccc(O)c(C(=O)O)c1. The molecule has 0 heterocycles. The van der Waals surface area contributed by atoms with Crippen molar-refractivity contribution in [3.05, 3.63) is 84.5 Å². The summed E-state index contributed by atoms with van der Waals surface area (Å²) in [6, 6.07) is 3.08. The van der Waals surface area contributed by atoms with Crippen molar-refractivity contribution >= 4 is 35.2 Å². The molecule has 0 spiro atoms. The van der Waals surface area contributed by atoms with Gasteiger partial charge in [0.05, 0.1) is 5.75 Å². The summed E-state index contributed by atoms with van der Waals surface area (Å²) in [5, 5.41) is 24.3. The maximum absolute atomic E-state index is 12.8. The summed E-state index contributed by atoms with van der Waals surface area (Å²) < 4.78 is 0. The van der Waals surface area contributed by atoms with Gasteiger partial charge in [-0.1, -0.05) is 81.5 Å². The number of thioether (sulfide) groups is 1. The van der Waals surface area contributed by atoms with Gasteiger partial charge in [0.25, 0.3) is 0 Å². The normalized spacial score (nSPS) is 12.8. The number of carboxylic acids is 1. The molecule has 7 nitrogen and oxygen atoms in total. The lowest BCUT2D eigenvalue weighted by molar-refractivity contribution is -0.125. The highest BCUT2D eigenvalue weighted by Crippen LogP contribution is 2.22. The molecule has 0 fully saturated rings. The van der Waals surface area contributed by atoms with Gasteiger partial charge in [0, 0.05) is 5.69 Å². The van der Waals surface area contributed by atoms with Crippen molar-refractivity contribution in [2.24, 2.45) is 5.92 Å². The molecule has 236 valence electrons. The van der Waals surface area contributed by atoms with E-state index in [0.717, 1.165) is 57.1 Å². The van der Waals surface area contributed by atoms with Crippen LogP contribution in [0.1, 0.15) is 88.9 Å². The van der Waals surface area contributed by atoms with Crippen LogP contribution in [0.4, 0.5) is 5.69 Å². The minimum atomic E-state index is -1.30. The minimum Gasteiger partial charge on any atom is -0.507 e. The van der Waals surface area contributed by atoms with Crippen LogP contribution in [-0.2, 0) is 9.59 Å². The third-order valence-electron chi connectivity index (χ3n) is 6.15. The fourth-order valence-corrected chi connectivity index (χ4v) is 4.77. The lowest BCUT2D eigenvalue weighted by Gasteiger charge is -2.20. The second-order valence-electron chi connectivity index (χ2n) is 10.5. The summed E-state index contributed by atoms with van der Waals surface area (Å²) in [7, 11) is 0. The number of allylic oxidation sites excluding steroid dienone is 10. The highest BCUT2D eigenvalue weighted by molar-refractivity contribution is 7.99. The Balaban J connectivity index is 2.23. The van der Waals surface area contributed by atoms with Gasteiger partial charge in [-0.2, -0.15) is 11.8 Å². The quantitative estimate of drug-likeness (QED) is 0.0597. The number of rotatable bonds is 22. The molecule has 8 heteroatoms. The first-order chi connectivity index (χ1) is 20.7. The zero-order chi connectivity index (χ0) is 31.7. The lowest BCUT2D eigenvalue weighted by atomic mass is 10.0. The number of carbonyl (C=O) groups excluding carboxylic acids is 2. The summed E-state index contributed by atoms with van der Waals surface area (Å²) in [5.41, 5.74) is -0.0647. The van der Waals surface area contributed by atoms with Crippen LogP contribution in [0.5, 0.6) is 5.75 Å². The van der Waals surface area contributed by atoms with Gasteiger partial charge in [-0.05, 0) is 87.7 Å². The van der Waals surface area contributed by atoms with Gasteiger partial charge in [-0.25, -0.2) is 4.79 Å². The summed E-state index contributed by atoms with van der Waals surface area (Å²) in [5.74, 6) is -1.01.